The van der Waals surface area contributed by atoms with Crippen LogP contribution in [0.3, 0.4) is 0 Å². The second-order valence-corrected chi connectivity index (χ2v) is 9.57. The Kier molecular flexibility index (Phi) is 7.77. The molecule has 0 atom stereocenters. The fraction of sp³-hybridized carbons (Fsp3) is 0.138. The highest BCUT2D eigenvalue weighted by atomic mass is 35.5. The summed E-state index contributed by atoms with van der Waals surface area (Å²) >= 11 is 11.9. The molecule has 38 heavy (non-hydrogen) atoms. The number of carbonyl (C=O) groups is 2. The van der Waals surface area contributed by atoms with Crippen molar-refractivity contribution in [2.75, 3.05) is 6.61 Å². The molecule has 0 fully saturated rings. The van der Waals surface area contributed by atoms with Crippen molar-refractivity contribution in [3.8, 4) is 17.1 Å². The maximum absolute atomic E-state index is 12.4. The first kappa shape index (κ1) is 25.6. The zero-order valence-electron chi connectivity index (χ0n) is 20.3. The zero-order chi connectivity index (χ0) is 26.5. The maximum Gasteiger partial charge on any atom is 0.276 e. The van der Waals surface area contributed by atoms with E-state index in [9.17, 15) is 9.59 Å². The van der Waals surface area contributed by atoms with Crippen molar-refractivity contribution in [1.82, 2.24) is 20.8 Å². The smallest absolute Gasteiger partial charge is 0.276 e. The number of hydrogen-bond donors (Lipinski definition) is 3. The van der Waals surface area contributed by atoms with Gasteiger partial charge in [-0.15, -0.1) is 0 Å². The minimum absolute atomic E-state index is 0.230. The van der Waals surface area contributed by atoms with E-state index >= 15 is 0 Å². The van der Waals surface area contributed by atoms with Crippen molar-refractivity contribution < 1.29 is 14.3 Å². The minimum Gasteiger partial charge on any atom is -0.482 e. The summed E-state index contributed by atoms with van der Waals surface area (Å²) in [5, 5.41) is 2.94. The molecule has 0 radical (unpaired) electrons. The van der Waals surface area contributed by atoms with E-state index in [-0.39, 0.29) is 18.9 Å². The Labute approximate surface area is 229 Å². The van der Waals surface area contributed by atoms with Gasteiger partial charge in [-0.3, -0.25) is 20.4 Å². The van der Waals surface area contributed by atoms with Gasteiger partial charge in [0.15, 0.2) is 6.61 Å². The number of aryl methyl sites for hydroxylation is 1. The van der Waals surface area contributed by atoms with Crippen molar-refractivity contribution in [3.63, 3.8) is 0 Å². The number of pyridine rings is 1. The number of H-pyrrole nitrogens is 1. The van der Waals surface area contributed by atoms with Gasteiger partial charge in [0.25, 0.3) is 5.91 Å². The van der Waals surface area contributed by atoms with Gasteiger partial charge in [0.2, 0.25) is 5.91 Å². The number of halogens is 2. The van der Waals surface area contributed by atoms with E-state index < -0.39 is 5.91 Å². The number of hydrazine groups is 1. The Hall–Kier alpha value is -4.07. The van der Waals surface area contributed by atoms with Gasteiger partial charge in [0.05, 0.1) is 21.9 Å². The molecule has 0 bridgehead atoms. The normalized spacial score (nSPS) is 11.0. The summed E-state index contributed by atoms with van der Waals surface area (Å²) in [4.78, 5) is 32.8. The number of benzene rings is 3. The van der Waals surface area contributed by atoms with Crippen LogP contribution >= 0.6 is 23.2 Å². The van der Waals surface area contributed by atoms with Gasteiger partial charge in [-0.2, -0.15) is 0 Å². The van der Waals surface area contributed by atoms with E-state index in [1.54, 1.807) is 12.1 Å². The van der Waals surface area contributed by atoms with Gasteiger partial charge < -0.3 is 9.72 Å². The lowest BCUT2D eigenvalue weighted by Gasteiger charge is -2.10. The number of hydrogen-bond acceptors (Lipinski definition) is 4. The SMILES string of the molecule is O=C(CCCc1c(-c2ccc3ccccc3n2)[nH]c2ccccc12)NNC(=O)COc1ccc(Cl)cc1Cl. The number of para-hydroxylation sites is 2. The molecular weight excluding hydrogens is 523 g/mol. The number of fused-ring (bicyclic) bond motifs is 2. The van der Waals surface area contributed by atoms with Gasteiger partial charge in [-0.1, -0.05) is 65.7 Å². The molecule has 0 unspecified atom stereocenters. The molecule has 3 aromatic carbocycles. The van der Waals surface area contributed by atoms with Gasteiger partial charge in [0.1, 0.15) is 5.75 Å². The Balaban J connectivity index is 1.19. The van der Waals surface area contributed by atoms with Gasteiger partial charge >= 0.3 is 0 Å². The largest absolute Gasteiger partial charge is 0.482 e. The summed E-state index contributed by atoms with van der Waals surface area (Å²) in [7, 11) is 0. The van der Waals surface area contributed by atoms with Crippen LogP contribution in [0.4, 0.5) is 0 Å². The molecule has 2 heterocycles. The molecule has 9 heteroatoms. The second kappa shape index (κ2) is 11.5. The monoisotopic (exact) mass is 546 g/mol. The molecule has 2 aromatic heterocycles. The molecule has 5 rings (SSSR count). The van der Waals surface area contributed by atoms with E-state index in [1.165, 1.54) is 6.07 Å². The highest BCUT2D eigenvalue weighted by molar-refractivity contribution is 6.35. The first-order valence-electron chi connectivity index (χ1n) is 12.1. The Morgan fingerprint density at radius 2 is 1.68 bits per heavy atom. The number of nitrogens with zero attached hydrogens (tertiary/aromatic N) is 1. The van der Waals surface area contributed by atoms with Crippen LogP contribution in [0, 0.1) is 0 Å². The molecule has 3 N–H and O–H groups in total. The number of carbonyl (C=O) groups excluding carboxylic acids is 2. The third-order valence-electron chi connectivity index (χ3n) is 6.09. The van der Waals surface area contributed by atoms with E-state index in [2.05, 4.69) is 28.0 Å². The van der Waals surface area contributed by atoms with E-state index in [0.29, 0.717) is 28.6 Å². The molecule has 0 aliphatic heterocycles. The molecule has 0 spiro atoms. The number of ether oxygens (including phenoxy) is 1. The topological polar surface area (TPSA) is 96.1 Å². The van der Waals surface area contributed by atoms with Crippen LogP contribution in [0.5, 0.6) is 5.75 Å². The Bertz CT molecular complexity index is 1630. The Morgan fingerprint density at radius 3 is 2.55 bits per heavy atom. The fourth-order valence-corrected chi connectivity index (χ4v) is 4.75. The van der Waals surface area contributed by atoms with E-state index in [0.717, 1.165) is 38.8 Å². The number of rotatable bonds is 8. The van der Waals surface area contributed by atoms with Crippen LogP contribution in [0.1, 0.15) is 18.4 Å². The highest BCUT2D eigenvalue weighted by Crippen LogP contribution is 2.32. The van der Waals surface area contributed by atoms with Crippen LogP contribution in [0.25, 0.3) is 33.2 Å². The molecular formula is C29H24Cl2N4O3. The van der Waals surface area contributed by atoms with Crippen LogP contribution in [0.2, 0.25) is 10.0 Å². The number of nitrogens with one attached hydrogen (secondary N) is 3. The summed E-state index contributed by atoms with van der Waals surface area (Å²) in [6.45, 7) is -0.306. The van der Waals surface area contributed by atoms with Crippen molar-refractivity contribution in [3.05, 3.63) is 94.5 Å². The van der Waals surface area contributed by atoms with Crippen LogP contribution in [-0.4, -0.2) is 28.4 Å². The molecule has 0 saturated carbocycles. The molecule has 192 valence electrons. The third-order valence-corrected chi connectivity index (χ3v) is 6.62. The van der Waals surface area contributed by atoms with Crippen LogP contribution in [0.15, 0.2) is 78.9 Å². The third kappa shape index (κ3) is 5.90. The lowest BCUT2D eigenvalue weighted by atomic mass is 10.0. The zero-order valence-corrected chi connectivity index (χ0v) is 21.8. The van der Waals surface area contributed by atoms with Gasteiger partial charge in [-0.05, 0) is 54.8 Å². The number of aromatic nitrogens is 2. The number of amides is 2. The molecule has 0 aliphatic carbocycles. The molecule has 7 nitrogen and oxygen atoms in total. The minimum atomic E-state index is -0.509. The first-order chi connectivity index (χ1) is 18.5. The van der Waals surface area contributed by atoms with Crippen molar-refractivity contribution >= 4 is 56.8 Å². The van der Waals surface area contributed by atoms with Crippen molar-refractivity contribution in [1.29, 1.82) is 0 Å². The first-order valence-corrected chi connectivity index (χ1v) is 12.8. The highest BCUT2D eigenvalue weighted by Gasteiger charge is 2.15. The lowest BCUT2D eigenvalue weighted by Crippen LogP contribution is -2.43. The summed E-state index contributed by atoms with van der Waals surface area (Å²) in [5.41, 5.74) is 9.64. The van der Waals surface area contributed by atoms with Gasteiger partial charge in [-0.25, -0.2) is 4.98 Å². The van der Waals surface area contributed by atoms with E-state index in [1.807, 2.05) is 48.5 Å². The maximum atomic E-state index is 12.4. The number of aromatic amines is 1. The molecule has 5 aromatic rings. The lowest BCUT2D eigenvalue weighted by molar-refractivity contribution is -0.130. The molecule has 0 aliphatic rings. The standard InChI is InChI=1S/C29H24Cl2N4O3/c30-19-13-15-26(22(31)16-19)38-17-28(37)35-34-27(36)11-5-8-21-20-7-2-4-10-24(20)33-29(21)25-14-12-18-6-1-3-9-23(18)32-25/h1-4,6-7,9-10,12-16,33H,5,8,11,17H2,(H,34,36)(H,35,37). The summed E-state index contributed by atoms with van der Waals surface area (Å²) in [6, 6.07) is 24.9. The molecule has 0 saturated heterocycles. The quantitative estimate of drug-likeness (QED) is 0.201. The summed E-state index contributed by atoms with van der Waals surface area (Å²) in [5.74, 6) is -0.480. The van der Waals surface area contributed by atoms with Crippen LogP contribution in [-0.2, 0) is 16.0 Å². The van der Waals surface area contributed by atoms with E-state index in [4.69, 9.17) is 32.9 Å². The average Bonchev–Trinajstić information content (AvgIpc) is 3.29. The summed E-state index contributed by atoms with van der Waals surface area (Å²) in [6.07, 6.45) is 1.47. The molecule has 2 amide bonds. The van der Waals surface area contributed by atoms with Gasteiger partial charge in [0, 0.05) is 27.7 Å². The Morgan fingerprint density at radius 1 is 0.895 bits per heavy atom. The van der Waals surface area contributed by atoms with Crippen molar-refractivity contribution in [2.24, 2.45) is 0 Å². The fourth-order valence-electron chi connectivity index (χ4n) is 4.28. The second-order valence-electron chi connectivity index (χ2n) is 8.73. The summed E-state index contributed by atoms with van der Waals surface area (Å²) < 4.78 is 5.38. The predicted molar refractivity (Wildman–Crippen MR) is 150 cm³/mol. The average molecular weight is 547 g/mol. The predicted octanol–water partition coefficient (Wildman–Crippen LogP) is 6.24. The van der Waals surface area contributed by atoms with Crippen LogP contribution < -0.4 is 15.6 Å². The van der Waals surface area contributed by atoms with Crippen molar-refractivity contribution in [2.45, 2.75) is 19.3 Å².